The number of carbonyl (C=O) groups is 3. The van der Waals surface area contributed by atoms with E-state index in [0.29, 0.717) is 26.1 Å². The highest BCUT2D eigenvalue weighted by atomic mass is 31.0. The minimum atomic E-state index is -0.656. The fraction of sp³-hybridized carbons (Fsp3) is 0.400. The number of H-pyrrole nitrogens is 1. The molecule has 1 aliphatic heterocycles. The molecule has 4 rings (SSSR count). The highest BCUT2D eigenvalue weighted by Gasteiger charge is 2.35. The maximum atomic E-state index is 13.8. The summed E-state index contributed by atoms with van der Waals surface area (Å²) in [5.41, 5.74) is 2.86. The SMILES string of the molecule is CN[C@@H](C)C(=O)NC(C)C(=O)N1CCCC1CN(CCc1ccc(P)cc1)C(=O)c1ncc(-c2ccccc2)[nH]1. The van der Waals surface area contributed by atoms with Crippen molar-refractivity contribution in [1.29, 1.82) is 0 Å². The lowest BCUT2D eigenvalue weighted by Gasteiger charge is -2.32. The molecule has 4 atom stereocenters. The zero-order chi connectivity index (χ0) is 28.6. The fourth-order valence-electron chi connectivity index (χ4n) is 4.92. The summed E-state index contributed by atoms with van der Waals surface area (Å²) in [6.07, 6.45) is 4.00. The molecule has 0 aliphatic carbocycles. The van der Waals surface area contributed by atoms with Gasteiger partial charge in [-0.25, -0.2) is 4.98 Å². The number of benzene rings is 2. The van der Waals surface area contributed by atoms with Crippen LogP contribution in [0, 0.1) is 0 Å². The van der Waals surface area contributed by atoms with Gasteiger partial charge in [-0.15, -0.1) is 9.24 Å². The maximum Gasteiger partial charge on any atom is 0.289 e. The molecule has 1 aliphatic rings. The summed E-state index contributed by atoms with van der Waals surface area (Å²) < 4.78 is 0. The van der Waals surface area contributed by atoms with E-state index >= 15 is 0 Å². The van der Waals surface area contributed by atoms with Gasteiger partial charge >= 0.3 is 0 Å². The van der Waals surface area contributed by atoms with Gasteiger partial charge < -0.3 is 25.4 Å². The predicted molar refractivity (Wildman–Crippen MR) is 160 cm³/mol. The second-order valence-corrected chi connectivity index (χ2v) is 11.0. The number of nitrogens with zero attached hydrogens (tertiary/aromatic N) is 3. The van der Waals surface area contributed by atoms with Crippen molar-refractivity contribution in [2.45, 2.75) is 51.2 Å². The molecule has 1 fully saturated rings. The van der Waals surface area contributed by atoms with E-state index in [9.17, 15) is 14.4 Å². The van der Waals surface area contributed by atoms with E-state index in [-0.39, 0.29) is 29.6 Å². The highest BCUT2D eigenvalue weighted by Crippen LogP contribution is 2.22. The number of carbonyl (C=O) groups excluding carboxylic acids is 3. The van der Waals surface area contributed by atoms with Crippen molar-refractivity contribution in [3.05, 3.63) is 72.2 Å². The third-order valence-corrected chi connectivity index (χ3v) is 7.83. The Balaban J connectivity index is 1.50. The van der Waals surface area contributed by atoms with Crippen LogP contribution in [-0.4, -0.2) is 82.3 Å². The Morgan fingerprint density at radius 2 is 1.82 bits per heavy atom. The molecule has 0 spiro atoms. The van der Waals surface area contributed by atoms with Crippen LogP contribution in [0.5, 0.6) is 0 Å². The summed E-state index contributed by atoms with van der Waals surface area (Å²) in [5, 5.41) is 6.81. The first-order valence-electron chi connectivity index (χ1n) is 13.8. The van der Waals surface area contributed by atoms with E-state index in [4.69, 9.17) is 0 Å². The number of aromatic nitrogens is 2. The van der Waals surface area contributed by atoms with Gasteiger partial charge in [0.15, 0.2) is 5.82 Å². The van der Waals surface area contributed by atoms with Crippen LogP contribution in [0.25, 0.3) is 11.3 Å². The van der Waals surface area contributed by atoms with Crippen LogP contribution in [0.3, 0.4) is 0 Å². The third kappa shape index (κ3) is 7.34. The van der Waals surface area contributed by atoms with E-state index < -0.39 is 12.1 Å². The lowest BCUT2D eigenvalue weighted by Crippen LogP contribution is -2.54. The molecule has 1 aromatic heterocycles. The monoisotopic (exact) mass is 562 g/mol. The molecule has 0 saturated carbocycles. The fourth-order valence-corrected chi connectivity index (χ4v) is 5.11. The summed E-state index contributed by atoms with van der Waals surface area (Å²) in [6.45, 7) is 4.94. The van der Waals surface area contributed by atoms with Crippen LogP contribution in [-0.2, 0) is 16.0 Å². The first-order valence-corrected chi connectivity index (χ1v) is 14.4. The topological polar surface area (TPSA) is 110 Å². The standard InChI is InChI=1S/C30H39N6O3P/c1-20(31-3)28(37)33-21(2)29(38)36-16-7-10-24(36)19-35(17-15-22-11-13-25(40)14-12-22)30(39)27-32-18-26(34-27)23-8-5-4-6-9-23/h4-6,8-9,11-14,18,20-21,24,31H,7,10,15-17,19,40H2,1-3H3,(H,32,34)(H,33,37)/t20-,21?,24?/m0/s1. The molecule has 3 unspecified atom stereocenters. The van der Waals surface area contributed by atoms with E-state index in [1.165, 1.54) is 0 Å². The molecule has 0 radical (unpaired) electrons. The van der Waals surface area contributed by atoms with Crippen molar-refractivity contribution >= 4 is 32.3 Å². The summed E-state index contributed by atoms with van der Waals surface area (Å²) in [6, 6.07) is 16.8. The molecule has 3 aromatic rings. The Bertz CT molecular complexity index is 1300. The number of aromatic amines is 1. The zero-order valence-electron chi connectivity index (χ0n) is 23.4. The van der Waals surface area contributed by atoms with Crippen molar-refractivity contribution in [2.24, 2.45) is 0 Å². The Morgan fingerprint density at radius 1 is 1.10 bits per heavy atom. The Hall–Kier alpha value is -3.55. The average Bonchev–Trinajstić information content (AvgIpc) is 3.65. The third-order valence-electron chi connectivity index (χ3n) is 7.45. The molecule has 2 aromatic carbocycles. The van der Waals surface area contributed by atoms with Crippen LogP contribution in [0.15, 0.2) is 60.8 Å². The molecule has 3 N–H and O–H groups in total. The van der Waals surface area contributed by atoms with Crippen molar-refractivity contribution in [1.82, 2.24) is 30.4 Å². The summed E-state index contributed by atoms with van der Waals surface area (Å²) in [5.74, 6) is -0.281. The highest BCUT2D eigenvalue weighted by molar-refractivity contribution is 7.27. The van der Waals surface area contributed by atoms with Gasteiger partial charge in [-0.2, -0.15) is 0 Å². The van der Waals surface area contributed by atoms with Gasteiger partial charge in [0.2, 0.25) is 11.8 Å². The van der Waals surface area contributed by atoms with Crippen molar-refractivity contribution in [2.75, 3.05) is 26.7 Å². The van der Waals surface area contributed by atoms with E-state index in [2.05, 4.69) is 42.0 Å². The normalized spacial score (nSPS) is 16.4. The van der Waals surface area contributed by atoms with Crippen LogP contribution in [0.1, 0.15) is 42.9 Å². The second kappa shape index (κ2) is 13.7. The molecule has 0 bridgehead atoms. The lowest BCUT2D eigenvalue weighted by atomic mass is 10.1. The van der Waals surface area contributed by atoms with Gasteiger partial charge in [0.05, 0.1) is 17.9 Å². The number of likely N-dealkylation sites (N-methyl/N-ethyl adjacent to an activating group) is 1. The number of likely N-dealkylation sites (tertiary alicyclic amines) is 1. The number of hydrogen-bond donors (Lipinski definition) is 3. The summed E-state index contributed by atoms with van der Waals surface area (Å²) in [4.78, 5) is 50.7. The van der Waals surface area contributed by atoms with E-state index in [1.54, 1.807) is 32.0 Å². The Morgan fingerprint density at radius 3 is 2.52 bits per heavy atom. The van der Waals surface area contributed by atoms with E-state index in [0.717, 1.165) is 35.0 Å². The number of amides is 3. The number of hydrogen-bond acceptors (Lipinski definition) is 5. The van der Waals surface area contributed by atoms with Gasteiger partial charge in [-0.3, -0.25) is 14.4 Å². The second-order valence-electron chi connectivity index (χ2n) is 10.3. The van der Waals surface area contributed by atoms with Crippen molar-refractivity contribution < 1.29 is 14.4 Å². The molecule has 2 heterocycles. The predicted octanol–water partition coefficient (Wildman–Crippen LogP) is 2.37. The van der Waals surface area contributed by atoms with Crippen LogP contribution < -0.4 is 15.9 Å². The molecule has 1 saturated heterocycles. The van der Waals surface area contributed by atoms with Gasteiger partial charge in [0, 0.05) is 25.7 Å². The molecular formula is C30H39N6O3P. The number of rotatable bonds is 11. The molecular weight excluding hydrogens is 523 g/mol. The van der Waals surface area contributed by atoms with Gasteiger partial charge in [-0.1, -0.05) is 54.6 Å². The Labute approximate surface area is 238 Å². The largest absolute Gasteiger partial charge is 0.343 e. The van der Waals surface area contributed by atoms with Crippen LogP contribution in [0.4, 0.5) is 0 Å². The van der Waals surface area contributed by atoms with Gasteiger partial charge in [0.25, 0.3) is 5.91 Å². The van der Waals surface area contributed by atoms with Crippen LogP contribution >= 0.6 is 9.24 Å². The molecule has 10 heteroatoms. The molecule has 212 valence electrons. The van der Waals surface area contributed by atoms with Crippen LogP contribution in [0.2, 0.25) is 0 Å². The first-order chi connectivity index (χ1) is 19.3. The van der Waals surface area contributed by atoms with Crippen molar-refractivity contribution in [3.63, 3.8) is 0 Å². The van der Waals surface area contributed by atoms with Gasteiger partial charge in [-0.05, 0) is 56.6 Å². The maximum absolute atomic E-state index is 13.8. The van der Waals surface area contributed by atoms with Crippen molar-refractivity contribution in [3.8, 4) is 11.3 Å². The molecule has 40 heavy (non-hydrogen) atoms. The first kappa shape index (κ1) is 29.4. The number of imidazole rings is 1. The number of nitrogens with one attached hydrogen (secondary N) is 3. The smallest absolute Gasteiger partial charge is 0.289 e. The van der Waals surface area contributed by atoms with Gasteiger partial charge in [0.1, 0.15) is 6.04 Å². The zero-order valence-corrected chi connectivity index (χ0v) is 24.5. The molecule has 3 amide bonds. The Kier molecular flexibility index (Phi) is 10.1. The summed E-state index contributed by atoms with van der Waals surface area (Å²) >= 11 is 0. The quantitative estimate of drug-likeness (QED) is 0.311. The lowest BCUT2D eigenvalue weighted by molar-refractivity contribution is -0.137. The molecule has 9 nitrogen and oxygen atoms in total. The summed E-state index contributed by atoms with van der Waals surface area (Å²) in [7, 11) is 4.39. The minimum Gasteiger partial charge on any atom is -0.343 e. The average molecular weight is 563 g/mol. The van der Waals surface area contributed by atoms with E-state index in [1.807, 2.05) is 47.4 Å². The minimum absolute atomic E-state index is 0.132.